The number of aliphatic carboxylic acids is 1. The molecule has 11 heavy (non-hydrogen) atoms. The fourth-order valence-electron chi connectivity index (χ4n) is 1.50. The van der Waals surface area contributed by atoms with E-state index in [0.717, 1.165) is 26.2 Å². The maximum Gasteiger partial charge on any atom is 0.309 e. The highest BCUT2D eigenvalue weighted by Crippen LogP contribution is 2.20. The van der Waals surface area contributed by atoms with Gasteiger partial charge in [-0.2, -0.15) is 0 Å². The van der Waals surface area contributed by atoms with Gasteiger partial charge in [-0.15, -0.1) is 0 Å². The van der Waals surface area contributed by atoms with Crippen molar-refractivity contribution in [2.45, 2.75) is 6.04 Å². The van der Waals surface area contributed by atoms with Crippen molar-refractivity contribution in [2.24, 2.45) is 5.92 Å². The average Bonchev–Trinajstić information content (AvgIpc) is 1.70. The Kier molecular flexibility index (Phi) is 1.58. The molecule has 0 aromatic heterocycles. The number of carbonyl (C=O) groups is 1. The number of nitrogens with one attached hydrogen (secondary N) is 1. The largest absolute Gasteiger partial charge is 0.481 e. The summed E-state index contributed by atoms with van der Waals surface area (Å²) < 4.78 is 0. The minimum Gasteiger partial charge on any atom is -0.481 e. The van der Waals surface area contributed by atoms with E-state index in [2.05, 4.69) is 10.2 Å². The zero-order chi connectivity index (χ0) is 7.84. The molecular weight excluding hydrogens is 144 g/mol. The van der Waals surface area contributed by atoms with Crippen LogP contribution < -0.4 is 5.32 Å². The van der Waals surface area contributed by atoms with Gasteiger partial charge in [0.2, 0.25) is 0 Å². The van der Waals surface area contributed by atoms with Crippen LogP contribution in [0.3, 0.4) is 0 Å². The maximum absolute atomic E-state index is 10.4. The number of carboxylic acids is 1. The molecule has 2 fully saturated rings. The summed E-state index contributed by atoms with van der Waals surface area (Å²) in [6.45, 7) is 3.57. The first-order valence-corrected chi connectivity index (χ1v) is 3.95. The highest BCUT2D eigenvalue weighted by atomic mass is 16.4. The van der Waals surface area contributed by atoms with Crippen molar-refractivity contribution >= 4 is 5.97 Å². The van der Waals surface area contributed by atoms with E-state index in [0.29, 0.717) is 6.04 Å². The molecular formula is C7H12N2O2. The number of hydrogen-bond donors (Lipinski definition) is 2. The first kappa shape index (κ1) is 7.06. The van der Waals surface area contributed by atoms with Crippen molar-refractivity contribution in [1.29, 1.82) is 0 Å². The number of likely N-dealkylation sites (tertiary alicyclic amines) is 1. The molecule has 4 nitrogen and oxygen atoms in total. The van der Waals surface area contributed by atoms with Crippen LogP contribution in [0, 0.1) is 5.92 Å². The summed E-state index contributed by atoms with van der Waals surface area (Å²) in [6, 6.07) is 0.616. The molecule has 2 rings (SSSR count). The third-order valence-electron chi connectivity index (χ3n) is 2.54. The molecule has 2 saturated heterocycles. The van der Waals surface area contributed by atoms with E-state index in [4.69, 9.17) is 5.11 Å². The Morgan fingerprint density at radius 2 is 2.09 bits per heavy atom. The lowest BCUT2D eigenvalue weighted by molar-refractivity contribution is -0.149. The molecule has 4 heteroatoms. The van der Waals surface area contributed by atoms with Crippen LogP contribution in [0.1, 0.15) is 0 Å². The van der Waals surface area contributed by atoms with Crippen LogP contribution in [-0.2, 0) is 4.79 Å². The summed E-state index contributed by atoms with van der Waals surface area (Å²) in [5, 5.41) is 11.7. The molecule has 0 aliphatic carbocycles. The second kappa shape index (κ2) is 2.46. The van der Waals surface area contributed by atoms with E-state index in [-0.39, 0.29) is 5.92 Å². The molecule has 0 aromatic carbocycles. The molecule has 2 aliphatic heterocycles. The van der Waals surface area contributed by atoms with E-state index in [1.165, 1.54) is 0 Å². The van der Waals surface area contributed by atoms with Gasteiger partial charge in [0.1, 0.15) is 0 Å². The van der Waals surface area contributed by atoms with Crippen molar-refractivity contribution in [3.63, 3.8) is 0 Å². The number of hydrogen-bond acceptors (Lipinski definition) is 3. The van der Waals surface area contributed by atoms with Gasteiger partial charge in [0, 0.05) is 32.2 Å². The van der Waals surface area contributed by atoms with E-state index < -0.39 is 5.97 Å². The van der Waals surface area contributed by atoms with Crippen LogP contribution in [0.5, 0.6) is 0 Å². The van der Waals surface area contributed by atoms with Gasteiger partial charge in [-0.3, -0.25) is 9.69 Å². The predicted octanol–water partition coefficient (Wildman–Crippen LogP) is -1.03. The van der Waals surface area contributed by atoms with Gasteiger partial charge in [-0.05, 0) is 0 Å². The second-order valence-corrected chi connectivity index (χ2v) is 3.30. The van der Waals surface area contributed by atoms with Gasteiger partial charge < -0.3 is 10.4 Å². The summed E-state index contributed by atoms with van der Waals surface area (Å²) in [6.07, 6.45) is 0. The Hall–Kier alpha value is -0.610. The van der Waals surface area contributed by atoms with Crippen molar-refractivity contribution in [3.8, 4) is 0 Å². The number of rotatable bonds is 2. The van der Waals surface area contributed by atoms with E-state index in [9.17, 15) is 4.79 Å². The summed E-state index contributed by atoms with van der Waals surface area (Å²) in [5.41, 5.74) is 0. The van der Waals surface area contributed by atoms with E-state index in [1.807, 2.05) is 0 Å². The van der Waals surface area contributed by atoms with Crippen LogP contribution in [0.2, 0.25) is 0 Å². The zero-order valence-electron chi connectivity index (χ0n) is 6.29. The molecule has 0 aromatic rings. The molecule has 62 valence electrons. The van der Waals surface area contributed by atoms with Crippen molar-refractivity contribution in [1.82, 2.24) is 10.2 Å². The van der Waals surface area contributed by atoms with E-state index in [1.54, 1.807) is 0 Å². The van der Waals surface area contributed by atoms with Gasteiger partial charge in [-0.25, -0.2) is 0 Å². The number of nitrogens with zero attached hydrogens (tertiary/aromatic N) is 1. The highest BCUT2D eigenvalue weighted by Gasteiger charge is 2.38. The fraction of sp³-hybridized carbons (Fsp3) is 0.857. The normalized spacial score (nSPS) is 27.6. The minimum absolute atomic E-state index is 0.101. The van der Waals surface area contributed by atoms with Gasteiger partial charge in [0.15, 0.2) is 0 Å². The van der Waals surface area contributed by atoms with Crippen LogP contribution in [0.25, 0.3) is 0 Å². The molecule has 0 bridgehead atoms. The van der Waals surface area contributed by atoms with Crippen molar-refractivity contribution in [2.75, 3.05) is 26.2 Å². The first-order valence-electron chi connectivity index (χ1n) is 3.95. The third-order valence-corrected chi connectivity index (χ3v) is 2.54. The molecule has 2 aliphatic rings. The smallest absolute Gasteiger partial charge is 0.309 e. The van der Waals surface area contributed by atoms with Crippen LogP contribution in [-0.4, -0.2) is 48.2 Å². The Morgan fingerprint density at radius 3 is 2.45 bits per heavy atom. The molecule has 2 N–H and O–H groups in total. The summed E-state index contributed by atoms with van der Waals surface area (Å²) in [7, 11) is 0. The molecule has 2 heterocycles. The second-order valence-electron chi connectivity index (χ2n) is 3.30. The topological polar surface area (TPSA) is 52.6 Å². The highest BCUT2D eigenvalue weighted by molar-refractivity contribution is 5.71. The van der Waals surface area contributed by atoms with Crippen molar-refractivity contribution in [3.05, 3.63) is 0 Å². The molecule has 0 radical (unpaired) electrons. The third kappa shape index (κ3) is 1.12. The van der Waals surface area contributed by atoms with E-state index >= 15 is 0 Å². The van der Waals surface area contributed by atoms with Crippen LogP contribution in [0.4, 0.5) is 0 Å². The summed E-state index contributed by atoms with van der Waals surface area (Å²) >= 11 is 0. The van der Waals surface area contributed by atoms with Crippen LogP contribution in [0.15, 0.2) is 0 Å². The molecule has 0 saturated carbocycles. The lowest BCUT2D eigenvalue weighted by Crippen LogP contribution is -2.65. The average molecular weight is 156 g/mol. The van der Waals surface area contributed by atoms with Gasteiger partial charge in [0.25, 0.3) is 0 Å². The van der Waals surface area contributed by atoms with Crippen molar-refractivity contribution < 1.29 is 9.90 Å². The summed E-state index contributed by atoms with van der Waals surface area (Å²) in [5.74, 6) is -0.746. The van der Waals surface area contributed by atoms with Gasteiger partial charge in [-0.1, -0.05) is 0 Å². The van der Waals surface area contributed by atoms with Crippen LogP contribution >= 0.6 is 0 Å². The van der Waals surface area contributed by atoms with Gasteiger partial charge >= 0.3 is 5.97 Å². The molecule has 0 unspecified atom stereocenters. The zero-order valence-corrected chi connectivity index (χ0v) is 6.29. The molecule has 0 atom stereocenters. The molecule has 0 spiro atoms. The van der Waals surface area contributed by atoms with Gasteiger partial charge in [0.05, 0.1) is 5.92 Å². The lowest BCUT2D eigenvalue weighted by Gasteiger charge is -2.46. The number of carboxylic acid groups (broad SMARTS) is 1. The molecule has 0 amide bonds. The monoisotopic (exact) mass is 156 g/mol. The Morgan fingerprint density at radius 1 is 1.45 bits per heavy atom. The maximum atomic E-state index is 10.4. The quantitative estimate of drug-likeness (QED) is 0.537. The standard InChI is InChI=1S/C7H12N2O2/c10-7(11)5-3-9(4-5)6-1-8-2-6/h5-6,8H,1-4H2,(H,10,11). The lowest BCUT2D eigenvalue weighted by atomic mass is 9.96. The minimum atomic E-state index is -0.645. The first-order chi connectivity index (χ1) is 5.27. The summed E-state index contributed by atoms with van der Waals surface area (Å²) in [4.78, 5) is 12.6. The predicted molar refractivity (Wildman–Crippen MR) is 39.4 cm³/mol. The SMILES string of the molecule is O=C(O)C1CN(C2CNC2)C1. The Balaban J connectivity index is 1.74. The Bertz CT molecular complexity index is 173. The Labute approximate surface area is 65.2 Å². The fourth-order valence-corrected chi connectivity index (χ4v) is 1.50.